The summed E-state index contributed by atoms with van der Waals surface area (Å²) in [4.78, 5) is -0.112. The van der Waals surface area contributed by atoms with Gasteiger partial charge in [-0.05, 0) is 35.2 Å². The molecule has 26 heavy (non-hydrogen) atoms. The molecule has 0 fully saturated rings. The van der Waals surface area contributed by atoms with Crippen LogP contribution in [-0.4, -0.2) is 13.0 Å². The fourth-order valence-electron chi connectivity index (χ4n) is 3.41. The van der Waals surface area contributed by atoms with Crippen LogP contribution in [0.5, 0.6) is 0 Å². The van der Waals surface area contributed by atoms with Gasteiger partial charge >= 0.3 is 51.4 Å². The van der Waals surface area contributed by atoms with Crippen LogP contribution in [0.4, 0.5) is 0 Å². The molecule has 0 radical (unpaired) electrons. The average molecular weight is 401 g/mol. The Balaban J connectivity index is 0.00000338. The van der Waals surface area contributed by atoms with Crippen molar-refractivity contribution in [1.29, 1.82) is 0 Å². The Labute approximate surface area is 201 Å². The van der Waals surface area contributed by atoms with Crippen LogP contribution in [0.15, 0.2) is 41.3 Å². The normalized spacial score (nSPS) is 11.5. The Bertz CT molecular complexity index is 772. The van der Waals surface area contributed by atoms with E-state index in [-0.39, 0.29) is 56.3 Å². The first-order chi connectivity index (χ1) is 12.0. The van der Waals surface area contributed by atoms with Crippen molar-refractivity contribution >= 4 is 20.9 Å². The van der Waals surface area contributed by atoms with Gasteiger partial charge in [0.25, 0.3) is 0 Å². The SMILES string of the molecule is CCCCCCCCCCCc1cccc2c(S(=O)(=O)[O-])cccc12.[K+]. The summed E-state index contributed by atoms with van der Waals surface area (Å²) in [5.74, 6) is 0. The molecule has 3 nitrogen and oxygen atoms in total. The first-order valence-electron chi connectivity index (χ1n) is 9.50. The van der Waals surface area contributed by atoms with Crippen LogP contribution >= 0.6 is 0 Å². The first kappa shape index (κ1) is 24.3. The third-order valence-corrected chi connectivity index (χ3v) is 5.69. The zero-order valence-electron chi connectivity index (χ0n) is 16.2. The molecule has 0 bridgehead atoms. The largest absolute Gasteiger partial charge is 1.00 e. The van der Waals surface area contributed by atoms with Crippen molar-refractivity contribution in [3.8, 4) is 0 Å². The maximum Gasteiger partial charge on any atom is 1.00 e. The monoisotopic (exact) mass is 400 g/mol. The molecule has 0 saturated carbocycles. The molecule has 0 spiro atoms. The second kappa shape index (κ2) is 12.7. The molecule has 2 aromatic rings. The maximum atomic E-state index is 11.4. The standard InChI is InChI=1S/C21H30O3S.K/c1-2-3-4-5-6-7-8-9-10-13-18-14-11-16-20-19(18)15-12-17-21(20)25(22,23)24;/h11-12,14-17H,2-10,13H2,1H3,(H,22,23,24);/q;+1/p-1. The van der Waals surface area contributed by atoms with E-state index >= 15 is 0 Å². The quantitative estimate of drug-likeness (QED) is 0.331. The Hall–Kier alpha value is 0.246. The summed E-state index contributed by atoms with van der Waals surface area (Å²) in [6, 6.07) is 10.6. The number of rotatable bonds is 11. The summed E-state index contributed by atoms with van der Waals surface area (Å²) in [5.41, 5.74) is 1.13. The van der Waals surface area contributed by atoms with Crippen molar-refractivity contribution in [1.82, 2.24) is 0 Å². The van der Waals surface area contributed by atoms with E-state index in [1.807, 2.05) is 18.2 Å². The molecular formula is C21H29KO3S. The Morgan fingerprint density at radius 1 is 0.769 bits per heavy atom. The number of hydrogen-bond donors (Lipinski definition) is 0. The number of fused-ring (bicyclic) bond motifs is 1. The fraction of sp³-hybridized carbons (Fsp3) is 0.524. The van der Waals surface area contributed by atoms with Crippen molar-refractivity contribution in [3.05, 3.63) is 42.0 Å². The summed E-state index contributed by atoms with van der Waals surface area (Å²) < 4.78 is 34.3. The molecule has 0 unspecified atom stereocenters. The van der Waals surface area contributed by atoms with E-state index < -0.39 is 10.1 Å². The minimum absolute atomic E-state index is 0. The van der Waals surface area contributed by atoms with E-state index in [4.69, 9.17) is 0 Å². The predicted molar refractivity (Wildman–Crippen MR) is 103 cm³/mol. The molecule has 0 atom stereocenters. The van der Waals surface area contributed by atoms with Gasteiger partial charge < -0.3 is 4.55 Å². The molecule has 2 aromatic carbocycles. The van der Waals surface area contributed by atoms with Crippen molar-refractivity contribution in [3.63, 3.8) is 0 Å². The van der Waals surface area contributed by atoms with E-state index in [1.54, 1.807) is 12.1 Å². The third kappa shape index (κ3) is 7.70. The molecular weight excluding hydrogens is 371 g/mol. The van der Waals surface area contributed by atoms with E-state index in [0.717, 1.165) is 23.8 Å². The zero-order valence-corrected chi connectivity index (χ0v) is 20.1. The smallest absolute Gasteiger partial charge is 0.744 e. The summed E-state index contributed by atoms with van der Waals surface area (Å²) in [7, 11) is -4.44. The fourth-order valence-corrected chi connectivity index (χ4v) is 4.10. The van der Waals surface area contributed by atoms with Crippen molar-refractivity contribution in [2.24, 2.45) is 0 Å². The molecule has 0 saturated heterocycles. The van der Waals surface area contributed by atoms with Gasteiger partial charge in [0.2, 0.25) is 0 Å². The van der Waals surface area contributed by atoms with E-state index in [2.05, 4.69) is 6.92 Å². The molecule has 0 aliphatic carbocycles. The van der Waals surface area contributed by atoms with Gasteiger partial charge in [0.15, 0.2) is 0 Å². The van der Waals surface area contributed by atoms with Crippen LogP contribution in [0.2, 0.25) is 0 Å². The Morgan fingerprint density at radius 3 is 1.92 bits per heavy atom. The van der Waals surface area contributed by atoms with Crippen LogP contribution in [0, 0.1) is 0 Å². The van der Waals surface area contributed by atoms with Gasteiger partial charge in [-0.3, -0.25) is 0 Å². The van der Waals surface area contributed by atoms with E-state index in [9.17, 15) is 13.0 Å². The average Bonchev–Trinajstić information content (AvgIpc) is 2.59. The molecule has 0 N–H and O–H groups in total. The van der Waals surface area contributed by atoms with E-state index in [0.29, 0.717) is 5.39 Å². The molecule has 0 aromatic heterocycles. The number of aryl methyl sites for hydroxylation is 1. The number of unbranched alkanes of at least 4 members (excludes halogenated alkanes) is 8. The second-order valence-electron chi connectivity index (χ2n) is 6.80. The van der Waals surface area contributed by atoms with Gasteiger partial charge in [0.1, 0.15) is 10.1 Å². The molecule has 0 aliphatic rings. The Kier molecular flexibility index (Phi) is 11.8. The van der Waals surface area contributed by atoms with E-state index in [1.165, 1.54) is 57.4 Å². The minimum Gasteiger partial charge on any atom is -0.744 e. The first-order valence-corrected chi connectivity index (χ1v) is 10.9. The summed E-state index contributed by atoms with van der Waals surface area (Å²) in [6.45, 7) is 2.24. The van der Waals surface area contributed by atoms with Gasteiger partial charge in [-0.1, -0.05) is 88.6 Å². The summed E-state index contributed by atoms with van der Waals surface area (Å²) in [5, 5.41) is 1.44. The van der Waals surface area contributed by atoms with Crippen molar-refractivity contribution in [2.45, 2.75) is 76.0 Å². The van der Waals surface area contributed by atoms with Crippen LogP contribution in [0.25, 0.3) is 10.8 Å². The van der Waals surface area contributed by atoms with Crippen molar-refractivity contribution in [2.75, 3.05) is 0 Å². The van der Waals surface area contributed by atoms with Crippen LogP contribution < -0.4 is 51.4 Å². The van der Waals surface area contributed by atoms with Crippen LogP contribution in [0.3, 0.4) is 0 Å². The molecule has 0 heterocycles. The molecule has 5 heteroatoms. The topological polar surface area (TPSA) is 57.2 Å². The predicted octanol–water partition coefficient (Wildman–Crippen LogP) is 2.82. The Morgan fingerprint density at radius 2 is 1.31 bits per heavy atom. The molecule has 0 amide bonds. The zero-order chi connectivity index (χ0) is 18.1. The van der Waals surface area contributed by atoms with Crippen molar-refractivity contribution < 1.29 is 64.4 Å². The summed E-state index contributed by atoms with van der Waals surface area (Å²) >= 11 is 0. The molecule has 2 rings (SSSR count). The van der Waals surface area contributed by atoms with Gasteiger partial charge in [-0.2, -0.15) is 0 Å². The van der Waals surface area contributed by atoms with Gasteiger partial charge in [-0.25, -0.2) is 8.42 Å². The molecule has 0 aliphatic heterocycles. The van der Waals surface area contributed by atoms with Crippen LogP contribution in [0.1, 0.15) is 70.3 Å². The summed E-state index contributed by atoms with van der Waals surface area (Å²) in [6.07, 6.45) is 12.5. The van der Waals surface area contributed by atoms with Gasteiger partial charge in [0.05, 0.1) is 4.90 Å². The number of hydrogen-bond acceptors (Lipinski definition) is 3. The number of benzene rings is 2. The second-order valence-corrected chi connectivity index (χ2v) is 8.15. The third-order valence-electron chi connectivity index (χ3n) is 4.79. The van der Waals surface area contributed by atoms with Crippen LogP contribution in [-0.2, 0) is 16.5 Å². The van der Waals surface area contributed by atoms with Gasteiger partial charge in [-0.15, -0.1) is 0 Å². The maximum absolute atomic E-state index is 11.4. The molecule has 138 valence electrons. The van der Waals surface area contributed by atoms with Gasteiger partial charge in [0, 0.05) is 0 Å². The minimum atomic E-state index is -4.44.